The summed E-state index contributed by atoms with van der Waals surface area (Å²) in [7, 11) is 0. The number of thioether (sulfide) groups is 1. The third-order valence-corrected chi connectivity index (χ3v) is 3.41. The van der Waals surface area contributed by atoms with Crippen LogP contribution in [0.2, 0.25) is 0 Å². The van der Waals surface area contributed by atoms with E-state index >= 15 is 0 Å². The van der Waals surface area contributed by atoms with Crippen LogP contribution in [0.3, 0.4) is 0 Å². The Morgan fingerprint density at radius 3 is 3.00 bits per heavy atom. The Morgan fingerprint density at radius 1 is 1.55 bits per heavy atom. The van der Waals surface area contributed by atoms with E-state index in [9.17, 15) is 9.18 Å². The summed E-state index contributed by atoms with van der Waals surface area (Å²) in [6.45, 7) is 0.0602. The third kappa shape index (κ3) is 6.73. The topological polar surface area (TPSA) is 49.3 Å². The summed E-state index contributed by atoms with van der Waals surface area (Å²) in [5.74, 6) is 0.393. The maximum Gasteiger partial charge on any atom is 0.224 e. The molecule has 0 radical (unpaired) electrons. The van der Waals surface area contributed by atoms with Crippen LogP contribution in [-0.4, -0.2) is 35.7 Å². The fourth-order valence-electron chi connectivity index (χ4n) is 1.75. The lowest BCUT2D eigenvalue weighted by atomic mass is 10.2. The van der Waals surface area contributed by atoms with E-state index in [1.54, 1.807) is 36.0 Å². The number of hydrogen-bond donors (Lipinski definition) is 2. The molecule has 0 spiro atoms. The van der Waals surface area contributed by atoms with Gasteiger partial charge >= 0.3 is 0 Å². The highest BCUT2D eigenvalue weighted by molar-refractivity contribution is 7.98. The molecule has 20 heavy (non-hydrogen) atoms. The number of aliphatic hydroxyl groups is 1. The van der Waals surface area contributed by atoms with Gasteiger partial charge in [-0.05, 0) is 30.4 Å². The zero-order chi connectivity index (χ0) is 14.8. The van der Waals surface area contributed by atoms with Crippen LogP contribution >= 0.6 is 11.8 Å². The van der Waals surface area contributed by atoms with Gasteiger partial charge in [0.25, 0.3) is 0 Å². The quantitative estimate of drug-likeness (QED) is 0.775. The van der Waals surface area contributed by atoms with E-state index in [0.717, 1.165) is 11.3 Å². The third-order valence-electron chi connectivity index (χ3n) is 2.67. The summed E-state index contributed by atoms with van der Waals surface area (Å²) < 4.78 is 13.0. The average Bonchev–Trinajstić information content (AvgIpc) is 2.39. The number of nitrogens with one attached hydrogen (secondary N) is 1. The van der Waals surface area contributed by atoms with Gasteiger partial charge in [0.1, 0.15) is 5.82 Å². The Balaban J connectivity index is 2.42. The molecule has 1 atom stereocenters. The first-order chi connectivity index (χ1) is 9.65. The van der Waals surface area contributed by atoms with E-state index in [-0.39, 0.29) is 30.8 Å². The first kappa shape index (κ1) is 16.7. The first-order valence-corrected chi connectivity index (χ1v) is 7.86. The second-order valence-corrected chi connectivity index (χ2v) is 5.30. The summed E-state index contributed by atoms with van der Waals surface area (Å²) in [6.07, 6.45) is 6.19. The number of aliphatic hydroxyl groups excluding tert-OH is 1. The van der Waals surface area contributed by atoms with Gasteiger partial charge in [0.2, 0.25) is 5.91 Å². The zero-order valence-corrected chi connectivity index (χ0v) is 12.3. The summed E-state index contributed by atoms with van der Waals surface area (Å²) in [6, 6.07) is 6.19. The molecule has 1 amide bonds. The van der Waals surface area contributed by atoms with Gasteiger partial charge < -0.3 is 10.4 Å². The van der Waals surface area contributed by atoms with Gasteiger partial charge in [-0.15, -0.1) is 0 Å². The van der Waals surface area contributed by atoms with Crippen molar-refractivity contribution in [2.24, 2.45) is 0 Å². The lowest BCUT2D eigenvalue weighted by molar-refractivity contribution is -0.120. The lowest BCUT2D eigenvalue weighted by Gasteiger charge is -2.15. The lowest BCUT2D eigenvalue weighted by Crippen LogP contribution is -2.36. The van der Waals surface area contributed by atoms with E-state index in [4.69, 9.17) is 5.11 Å². The van der Waals surface area contributed by atoms with Gasteiger partial charge in [-0.25, -0.2) is 4.39 Å². The van der Waals surface area contributed by atoms with Gasteiger partial charge in [0.05, 0.1) is 0 Å². The van der Waals surface area contributed by atoms with Crippen LogP contribution in [0.1, 0.15) is 18.4 Å². The monoisotopic (exact) mass is 297 g/mol. The molecule has 0 fully saturated rings. The number of carbonyl (C=O) groups is 1. The van der Waals surface area contributed by atoms with Crippen molar-refractivity contribution < 1.29 is 14.3 Å². The number of rotatable bonds is 8. The molecule has 2 N–H and O–H groups in total. The van der Waals surface area contributed by atoms with Crippen molar-refractivity contribution in [1.82, 2.24) is 5.32 Å². The number of hydrogen-bond acceptors (Lipinski definition) is 3. The zero-order valence-electron chi connectivity index (χ0n) is 11.5. The highest BCUT2D eigenvalue weighted by Crippen LogP contribution is 2.06. The van der Waals surface area contributed by atoms with Crippen LogP contribution in [0.25, 0.3) is 6.08 Å². The molecule has 1 aromatic rings. The van der Waals surface area contributed by atoms with Crippen molar-refractivity contribution in [2.45, 2.75) is 18.9 Å². The number of benzene rings is 1. The van der Waals surface area contributed by atoms with E-state index < -0.39 is 0 Å². The molecule has 110 valence electrons. The Hall–Kier alpha value is -1.33. The molecule has 1 unspecified atom stereocenters. The van der Waals surface area contributed by atoms with Crippen LogP contribution in [-0.2, 0) is 4.79 Å². The van der Waals surface area contributed by atoms with E-state index in [1.165, 1.54) is 12.1 Å². The van der Waals surface area contributed by atoms with E-state index in [1.807, 2.05) is 6.26 Å². The Kier molecular flexibility index (Phi) is 7.99. The normalized spacial score (nSPS) is 12.6. The molecule has 0 aliphatic carbocycles. The molecule has 0 saturated carbocycles. The van der Waals surface area contributed by atoms with Crippen molar-refractivity contribution in [3.05, 3.63) is 41.7 Å². The Bertz CT molecular complexity index is 445. The fraction of sp³-hybridized carbons (Fsp3) is 0.400. The molecule has 3 nitrogen and oxygen atoms in total. The maximum atomic E-state index is 13.0. The SMILES string of the molecule is CSCC(CCO)NC(=O)C/C=C/c1cccc(F)c1. The van der Waals surface area contributed by atoms with Crippen molar-refractivity contribution in [1.29, 1.82) is 0 Å². The van der Waals surface area contributed by atoms with Crippen molar-refractivity contribution >= 4 is 23.7 Å². The second kappa shape index (κ2) is 9.55. The van der Waals surface area contributed by atoms with Crippen LogP contribution in [0, 0.1) is 5.82 Å². The predicted molar refractivity (Wildman–Crippen MR) is 82.1 cm³/mol. The van der Waals surface area contributed by atoms with E-state index in [2.05, 4.69) is 5.32 Å². The van der Waals surface area contributed by atoms with Crippen LogP contribution in [0.15, 0.2) is 30.3 Å². The summed E-state index contributed by atoms with van der Waals surface area (Å²) in [5.41, 5.74) is 0.730. The smallest absolute Gasteiger partial charge is 0.224 e. The largest absolute Gasteiger partial charge is 0.396 e. The molecule has 0 saturated heterocycles. The first-order valence-electron chi connectivity index (χ1n) is 6.47. The molecule has 1 aromatic carbocycles. The second-order valence-electron chi connectivity index (χ2n) is 4.39. The minimum Gasteiger partial charge on any atom is -0.396 e. The van der Waals surface area contributed by atoms with Gasteiger partial charge in [-0.1, -0.05) is 24.3 Å². The van der Waals surface area contributed by atoms with Crippen molar-refractivity contribution in [2.75, 3.05) is 18.6 Å². The molecular weight excluding hydrogens is 277 g/mol. The van der Waals surface area contributed by atoms with Crippen molar-refractivity contribution in [3.8, 4) is 0 Å². The predicted octanol–water partition coefficient (Wildman–Crippen LogP) is 2.46. The molecule has 1 rings (SSSR count). The molecular formula is C15H20FNO2S. The number of amides is 1. The van der Waals surface area contributed by atoms with Gasteiger partial charge in [-0.3, -0.25) is 4.79 Å². The molecule has 0 aliphatic heterocycles. The molecule has 0 heterocycles. The number of halogens is 1. The average molecular weight is 297 g/mol. The highest BCUT2D eigenvalue weighted by Gasteiger charge is 2.09. The standard InChI is InChI=1S/C15H20FNO2S/c1-20-11-14(8-9-18)17-15(19)7-3-5-12-4-2-6-13(16)10-12/h2-6,10,14,18H,7-9,11H2,1H3,(H,17,19)/b5-3+. The molecule has 0 aromatic heterocycles. The van der Waals surface area contributed by atoms with E-state index in [0.29, 0.717) is 6.42 Å². The van der Waals surface area contributed by atoms with Crippen molar-refractivity contribution in [3.63, 3.8) is 0 Å². The van der Waals surface area contributed by atoms with Gasteiger partial charge in [0, 0.05) is 24.8 Å². The van der Waals surface area contributed by atoms with Gasteiger partial charge in [-0.2, -0.15) is 11.8 Å². The van der Waals surface area contributed by atoms with Crippen LogP contribution in [0.5, 0.6) is 0 Å². The Labute approximate surface area is 123 Å². The maximum absolute atomic E-state index is 13.0. The molecule has 0 bridgehead atoms. The summed E-state index contributed by atoms with van der Waals surface area (Å²) in [5, 5.41) is 11.8. The number of carbonyl (C=O) groups excluding carboxylic acids is 1. The summed E-state index contributed by atoms with van der Waals surface area (Å²) in [4.78, 5) is 11.7. The summed E-state index contributed by atoms with van der Waals surface area (Å²) >= 11 is 1.63. The minimum atomic E-state index is -0.292. The highest BCUT2D eigenvalue weighted by atomic mass is 32.2. The fourth-order valence-corrected chi connectivity index (χ4v) is 2.41. The molecule has 0 aliphatic rings. The van der Waals surface area contributed by atoms with Crippen LogP contribution < -0.4 is 5.32 Å². The Morgan fingerprint density at radius 2 is 2.35 bits per heavy atom. The van der Waals surface area contributed by atoms with Gasteiger partial charge in [0.15, 0.2) is 0 Å². The van der Waals surface area contributed by atoms with Crippen LogP contribution in [0.4, 0.5) is 4.39 Å². The minimum absolute atomic E-state index is 0.00919. The molecule has 5 heteroatoms.